The molecule has 31 heavy (non-hydrogen) atoms. The predicted molar refractivity (Wildman–Crippen MR) is 114 cm³/mol. The lowest BCUT2D eigenvalue weighted by Gasteiger charge is -2.29. The van der Waals surface area contributed by atoms with E-state index in [2.05, 4.69) is 0 Å². The fourth-order valence-corrected chi connectivity index (χ4v) is 3.54. The van der Waals surface area contributed by atoms with Crippen molar-refractivity contribution >= 4 is 16.9 Å². The Hall–Kier alpha value is -4.54. The molecular weight excluding hydrogens is 392 g/mol. The fraction of sp³-hybridized carbons (Fsp3) is 0.167. The lowest BCUT2D eigenvalue weighted by Crippen LogP contribution is -2.33. The SMILES string of the molecule is COc1cc(C2=C(C#N)C(=N)C(C#N)(C#N)C(c3ccccc3)=C2)cc(OC)c1OC. The second-order valence-electron chi connectivity index (χ2n) is 6.59. The van der Waals surface area contributed by atoms with E-state index in [4.69, 9.17) is 19.6 Å². The van der Waals surface area contributed by atoms with Crippen LogP contribution in [0.5, 0.6) is 17.2 Å². The highest BCUT2D eigenvalue weighted by Crippen LogP contribution is 2.47. The van der Waals surface area contributed by atoms with Crippen molar-refractivity contribution in [1.29, 1.82) is 21.2 Å². The molecule has 0 amide bonds. The van der Waals surface area contributed by atoms with Gasteiger partial charge in [-0.25, -0.2) is 0 Å². The van der Waals surface area contributed by atoms with E-state index in [0.717, 1.165) is 0 Å². The number of nitrogens with zero attached hydrogens (tertiary/aromatic N) is 3. The van der Waals surface area contributed by atoms with E-state index in [-0.39, 0.29) is 11.3 Å². The summed E-state index contributed by atoms with van der Waals surface area (Å²) in [7, 11) is 4.44. The van der Waals surface area contributed by atoms with Crippen molar-refractivity contribution in [3.05, 3.63) is 65.2 Å². The summed E-state index contributed by atoms with van der Waals surface area (Å²) in [6, 6.07) is 18.1. The van der Waals surface area contributed by atoms with Crippen LogP contribution >= 0.6 is 0 Å². The lowest BCUT2D eigenvalue weighted by atomic mass is 9.68. The van der Waals surface area contributed by atoms with Gasteiger partial charge in [0.2, 0.25) is 11.2 Å². The normalized spacial score (nSPS) is 14.6. The Morgan fingerprint density at radius 2 is 1.42 bits per heavy atom. The molecule has 0 radical (unpaired) electrons. The van der Waals surface area contributed by atoms with Crippen LogP contribution in [0.25, 0.3) is 11.1 Å². The maximum Gasteiger partial charge on any atom is 0.211 e. The van der Waals surface area contributed by atoms with E-state index in [1.165, 1.54) is 21.3 Å². The van der Waals surface area contributed by atoms with E-state index in [1.54, 1.807) is 42.5 Å². The molecule has 0 atom stereocenters. The quantitative estimate of drug-likeness (QED) is 0.790. The Balaban J connectivity index is 2.39. The van der Waals surface area contributed by atoms with E-state index in [9.17, 15) is 15.8 Å². The Labute approximate surface area is 180 Å². The largest absolute Gasteiger partial charge is 0.493 e. The van der Waals surface area contributed by atoms with Crippen molar-refractivity contribution in [1.82, 2.24) is 0 Å². The van der Waals surface area contributed by atoms with Gasteiger partial charge in [-0.1, -0.05) is 30.3 Å². The van der Waals surface area contributed by atoms with Gasteiger partial charge >= 0.3 is 0 Å². The molecular formula is C24H18N4O3. The van der Waals surface area contributed by atoms with Gasteiger partial charge in [0.15, 0.2) is 11.5 Å². The fourth-order valence-electron chi connectivity index (χ4n) is 3.54. The summed E-state index contributed by atoms with van der Waals surface area (Å²) in [4.78, 5) is 0. The topological polar surface area (TPSA) is 123 Å². The molecule has 3 rings (SSSR count). The molecule has 0 heterocycles. The minimum atomic E-state index is -1.91. The van der Waals surface area contributed by atoms with Gasteiger partial charge in [-0.15, -0.1) is 0 Å². The number of rotatable bonds is 5. The van der Waals surface area contributed by atoms with Gasteiger partial charge in [-0.3, -0.25) is 0 Å². The third kappa shape index (κ3) is 3.27. The van der Waals surface area contributed by atoms with Crippen molar-refractivity contribution in [2.75, 3.05) is 21.3 Å². The third-order valence-corrected chi connectivity index (χ3v) is 5.09. The first-order valence-corrected chi connectivity index (χ1v) is 9.15. The zero-order valence-electron chi connectivity index (χ0n) is 17.2. The van der Waals surface area contributed by atoms with Crippen molar-refractivity contribution in [2.45, 2.75) is 0 Å². The summed E-state index contributed by atoms with van der Waals surface area (Å²) < 4.78 is 16.2. The number of benzene rings is 2. The summed E-state index contributed by atoms with van der Waals surface area (Å²) in [6.45, 7) is 0. The van der Waals surface area contributed by atoms with Crippen LogP contribution in [-0.2, 0) is 0 Å². The first-order valence-electron chi connectivity index (χ1n) is 9.15. The van der Waals surface area contributed by atoms with Crippen molar-refractivity contribution < 1.29 is 14.2 Å². The average Bonchev–Trinajstić information content (AvgIpc) is 2.83. The number of nitrogens with one attached hydrogen (secondary N) is 1. The zero-order valence-corrected chi connectivity index (χ0v) is 17.2. The summed E-state index contributed by atoms with van der Waals surface area (Å²) in [5.41, 5.74) is -0.512. The van der Waals surface area contributed by atoms with Gasteiger partial charge in [-0.05, 0) is 29.3 Å². The molecule has 0 aliphatic heterocycles. The van der Waals surface area contributed by atoms with Gasteiger partial charge in [0.05, 0.1) is 44.8 Å². The summed E-state index contributed by atoms with van der Waals surface area (Å²) in [5.74, 6) is 1.13. The number of hydrogen-bond donors (Lipinski definition) is 1. The van der Waals surface area contributed by atoms with E-state index in [1.807, 2.05) is 24.3 Å². The molecule has 0 spiro atoms. The molecule has 1 N–H and O–H groups in total. The highest BCUT2D eigenvalue weighted by Gasteiger charge is 2.46. The molecule has 0 unspecified atom stereocenters. The Morgan fingerprint density at radius 1 is 0.839 bits per heavy atom. The van der Waals surface area contributed by atoms with Gasteiger partial charge in [-0.2, -0.15) is 15.8 Å². The summed E-state index contributed by atoms with van der Waals surface area (Å²) in [6.07, 6.45) is 1.61. The second kappa shape index (κ2) is 8.45. The molecule has 0 bridgehead atoms. The van der Waals surface area contributed by atoms with Gasteiger partial charge in [0, 0.05) is 11.1 Å². The molecule has 7 heteroatoms. The number of allylic oxidation sites excluding steroid dienone is 4. The predicted octanol–water partition coefficient (Wildman–Crippen LogP) is 4.14. The number of methoxy groups -OCH3 is 3. The minimum absolute atomic E-state index is 0.0722. The van der Waals surface area contributed by atoms with Crippen LogP contribution in [0.15, 0.2) is 54.1 Å². The first kappa shape index (κ1) is 21.2. The van der Waals surface area contributed by atoms with Crippen molar-refractivity contribution in [3.63, 3.8) is 0 Å². The van der Waals surface area contributed by atoms with E-state index in [0.29, 0.717) is 39.5 Å². The summed E-state index contributed by atoms with van der Waals surface area (Å²) in [5, 5.41) is 38.3. The number of ether oxygens (including phenoxy) is 3. The van der Waals surface area contributed by atoms with Crippen LogP contribution in [0.4, 0.5) is 0 Å². The molecule has 152 valence electrons. The Kier molecular flexibility index (Phi) is 5.77. The van der Waals surface area contributed by atoms with E-state index < -0.39 is 5.41 Å². The smallest absolute Gasteiger partial charge is 0.211 e. The highest BCUT2D eigenvalue weighted by atomic mass is 16.5. The minimum Gasteiger partial charge on any atom is -0.493 e. The highest BCUT2D eigenvalue weighted by molar-refractivity contribution is 6.24. The first-order chi connectivity index (χ1) is 15.0. The Morgan fingerprint density at radius 3 is 1.87 bits per heavy atom. The van der Waals surface area contributed by atoms with Gasteiger partial charge < -0.3 is 19.6 Å². The maximum absolute atomic E-state index is 9.90. The Bertz CT molecular complexity index is 1200. The molecule has 0 fully saturated rings. The third-order valence-electron chi connectivity index (χ3n) is 5.09. The molecule has 0 aromatic heterocycles. The molecule has 7 nitrogen and oxygen atoms in total. The zero-order chi connectivity index (χ0) is 22.6. The van der Waals surface area contributed by atoms with Crippen LogP contribution in [0, 0.1) is 44.8 Å². The lowest BCUT2D eigenvalue weighted by molar-refractivity contribution is 0.324. The van der Waals surface area contributed by atoms with E-state index >= 15 is 0 Å². The molecule has 0 saturated heterocycles. The number of nitriles is 3. The van der Waals surface area contributed by atoms with Crippen molar-refractivity contribution in [3.8, 4) is 35.5 Å². The summed E-state index contributed by atoms with van der Waals surface area (Å²) >= 11 is 0. The van der Waals surface area contributed by atoms with Crippen LogP contribution < -0.4 is 14.2 Å². The number of hydrogen-bond acceptors (Lipinski definition) is 7. The molecule has 1 aliphatic carbocycles. The standard InChI is InChI=1S/C24H18N4O3/c1-29-20-9-16(10-21(30-2)22(20)31-3)17-11-19(15-7-5-4-6-8-15)24(13-26,14-27)23(28)18(17)12-25/h4-11,28H,1-3H3. The second-order valence-corrected chi connectivity index (χ2v) is 6.59. The molecule has 2 aromatic rings. The van der Waals surface area contributed by atoms with Gasteiger partial charge in [0.25, 0.3) is 0 Å². The van der Waals surface area contributed by atoms with Crippen LogP contribution in [0.3, 0.4) is 0 Å². The molecule has 2 aromatic carbocycles. The van der Waals surface area contributed by atoms with Crippen LogP contribution in [0.2, 0.25) is 0 Å². The van der Waals surface area contributed by atoms with Crippen LogP contribution in [-0.4, -0.2) is 27.0 Å². The molecule has 1 aliphatic rings. The van der Waals surface area contributed by atoms with Crippen LogP contribution in [0.1, 0.15) is 11.1 Å². The van der Waals surface area contributed by atoms with Gasteiger partial charge in [0.1, 0.15) is 6.07 Å². The van der Waals surface area contributed by atoms with Crippen molar-refractivity contribution in [2.24, 2.45) is 5.41 Å². The average molecular weight is 410 g/mol. The maximum atomic E-state index is 9.90. The molecule has 0 saturated carbocycles. The monoisotopic (exact) mass is 410 g/mol.